The van der Waals surface area contributed by atoms with Gasteiger partial charge in [0.25, 0.3) is 0 Å². The van der Waals surface area contributed by atoms with Crippen molar-refractivity contribution in [3.63, 3.8) is 0 Å². The molecule has 2 aromatic rings. The molecule has 0 aromatic heterocycles. The zero-order valence-electron chi connectivity index (χ0n) is 16.4. The van der Waals surface area contributed by atoms with Gasteiger partial charge >= 0.3 is 0 Å². The third-order valence-corrected chi connectivity index (χ3v) is 4.95. The molecule has 160 valence electrons. The highest BCUT2D eigenvalue weighted by Crippen LogP contribution is 2.37. The number of aliphatic hydroxyl groups is 1. The monoisotopic (exact) mass is 460 g/mol. The number of ether oxygens (including phenoxy) is 2. The van der Waals surface area contributed by atoms with E-state index < -0.39 is 0 Å². The van der Waals surface area contributed by atoms with Crippen molar-refractivity contribution in [2.75, 3.05) is 32.8 Å². The molecule has 2 aromatic carbocycles. The minimum absolute atomic E-state index is 0.158. The number of aliphatic hydroxyl groups excluding tert-OH is 1. The first-order valence-electron chi connectivity index (χ1n) is 9.59. The van der Waals surface area contributed by atoms with Crippen molar-refractivity contribution < 1.29 is 14.6 Å². The normalized spacial score (nSPS) is 10.9. The summed E-state index contributed by atoms with van der Waals surface area (Å²) in [6.45, 7) is 5.84. The van der Waals surface area contributed by atoms with Crippen LogP contribution in [0.15, 0.2) is 30.3 Å². The van der Waals surface area contributed by atoms with Crippen molar-refractivity contribution in [1.82, 2.24) is 10.6 Å². The maximum absolute atomic E-state index is 8.74. The van der Waals surface area contributed by atoms with Crippen LogP contribution in [0.25, 0.3) is 0 Å². The molecule has 3 N–H and O–H groups in total. The van der Waals surface area contributed by atoms with E-state index in [0.29, 0.717) is 46.3 Å². The van der Waals surface area contributed by atoms with Crippen LogP contribution in [0.2, 0.25) is 15.1 Å². The van der Waals surface area contributed by atoms with Crippen molar-refractivity contribution in [3.8, 4) is 11.5 Å². The van der Waals surface area contributed by atoms with E-state index in [9.17, 15) is 0 Å². The molecule has 0 bridgehead atoms. The molecular weight excluding hydrogens is 435 g/mol. The topological polar surface area (TPSA) is 62.8 Å². The van der Waals surface area contributed by atoms with E-state index in [1.54, 1.807) is 12.1 Å². The first kappa shape index (κ1) is 24.1. The van der Waals surface area contributed by atoms with Crippen LogP contribution in [0, 0.1) is 0 Å². The molecule has 2 rings (SSSR count). The molecule has 0 radical (unpaired) electrons. The Kier molecular flexibility index (Phi) is 10.9. The van der Waals surface area contributed by atoms with Crippen molar-refractivity contribution >= 4 is 34.8 Å². The zero-order valence-corrected chi connectivity index (χ0v) is 18.7. The van der Waals surface area contributed by atoms with Gasteiger partial charge in [-0.1, -0.05) is 40.9 Å². The summed E-state index contributed by atoms with van der Waals surface area (Å²) < 4.78 is 11.7. The molecule has 0 aliphatic heterocycles. The summed E-state index contributed by atoms with van der Waals surface area (Å²) in [7, 11) is 0. The van der Waals surface area contributed by atoms with Crippen molar-refractivity contribution in [3.05, 3.63) is 56.5 Å². The molecule has 0 amide bonds. The van der Waals surface area contributed by atoms with E-state index in [-0.39, 0.29) is 13.2 Å². The van der Waals surface area contributed by atoms with Gasteiger partial charge in [-0.2, -0.15) is 0 Å². The Labute approximate surface area is 187 Å². The highest BCUT2D eigenvalue weighted by Gasteiger charge is 2.14. The molecule has 0 unspecified atom stereocenters. The largest absolute Gasteiger partial charge is 0.490 e. The minimum Gasteiger partial charge on any atom is -0.490 e. The lowest BCUT2D eigenvalue weighted by molar-refractivity contribution is 0.269. The van der Waals surface area contributed by atoms with E-state index >= 15 is 0 Å². The highest BCUT2D eigenvalue weighted by molar-refractivity contribution is 6.35. The molecule has 0 saturated carbocycles. The maximum atomic E-state index is 8.74. The summed E-state index contributed by atoms with van der Waals surface area (Å²) in [5.74, 6) is 1.10. The van der Waals surface area contributed by atoms with E-state index in [4.69, 9.17) is 49.4 Å². The average molecular weight is 462 g/mol. The van der Waals surface area contributed by atoms with Crippen LogP contribution in [0.4, 0.5) is 0 Å². The molecule has 8 heteroatoms. The molecule has 29 heavy (non-hydrogen) atoms. The van der Waals surface area contributed by atoms with Gasteiger partial charge < -0.3 is 25.2 Å². The molecule has 0 aliphatic rings. The summed E-state index contributed by atoms with van der Waals surface area (Å²) in [6.07, 6.45) is 0.967. The lowest BCUT2D eigenvalue weighted by Crippen LogP contribution is -2.23. The third kappa shape index (κ3) is 8.21. The van der Waals surface area contributed by atoms with Crippen LogP contribution < -0.4 is 20.1 Å². The second-order valence-corrected chi connectivity index (χ2v) is 7.62. The Morgan fingerprint density at radius 3 is 2.45 bits per heavy atom. The first-order valence-corrected chi connectivity index (χ1v) is 10.7. The predicted octanol–water partition coefficient (Wildman–Crippen LogP) is 4.69. The van der Waals surface area contributed by atoms with E-state index in [1.165, 1.54) is 0 Å². The smallest absolute Gasteiger partial charge is 0.180 e. The molecule has 0 atom stereocenters. The van der Waals surface area contributed by atoms with Gasteiger partial charge in [0.1, 0.15) is 6.61 Å². The Bertz CT molecular complexity index is 775. The molecule has 0 fully saturated rings. The van der Waals surface area contributed by atoms with Crippen LogP contribution in [-0.4, -0.2) is 38.0 Å². The second kappa shape index (κ2) is 13.2. The third-order valence-electron chi connectivity index (χ3n) is 4.08. The maximum Gasteiger partial charge on any atom is 0.180 e. The highest BCUT2D eigenvalue weighted by atomic mass is 35.5. The van der Waals surface area contributed by atoms with Crippen molar-refractivity contribution in [2.24, 2.45) is 0 Å². The lowest BCUT2D eigenvalue weighted by atomic mass is 10.2. The van der Waals surface area contributed by atoms with Crippen LogP contribution >= 0.6 is 34.8 Å². The molecule has 0 saturated heterocycles. The molecule has 0 aliphatic carbocycles. The number of halogens is 3. The summed E-state index contributed by atoms with van der Waals surface area (Å²) in [4.78, 5) is 0. The van der Waals surface area contributed by atoms with Gasteiger partial charge in [0.15, 0.2) is 11.5 Å². The quantitative estimate of drug-likeness (QED) is 0.378. The Morgan fingerprint density at radius 1 is 0.931 bits per heavy atom. The van der Waals surface area contributed by atoms with Crippen molar-refractivity contribution in [1.29, 1.82) is 0 Å². The van der Waals surface area contributed by atoms with Gasteiger partial charge in [0, 0.05) is 28.7 Å². The Hall–Kier alpha value is -1.21. The molecular formula is C21H27Cl3N2O3. The van der Waals surface area contributed by atoms with E-state index in [0.717, 1.165) is 30.6 Å². The summed E-state index contributed by atoms with van der Waals surface area (Å²) >= 11 is 18.6. The molecule has 0 spiro atoms. The average Bonchev–Trinajstić information content (AvgIpc) is 2.68. The van der Waals surface area contributed by atoms with Gasteiger partial charge in [-0.15, -0.1) is 0 Å². The van der Waals surface area contributed by atoms with E-state index in [1.807, 2.05) is 25.1 Å². The van der Waals surface area contributed by atoms with Gasteiger partial charge in [-0.05, 0) is 56.3 Å². The molecule has 5 nitrogen and oxygen atoms in total. The van der Waals surface area contributed by atoms with E-state index in [2.05, 4.69) is 10.6 Å². The summed E-state index contributed by atoms with van der Waals surface area (Å²) in [5, 5.41) is 16.9. The van der Waals surface area contributed by atoms with Crippen molar-refractivity contribution in [2.45, 2.75) is 26.5 Å². The fraction of sp³-hybridized carbons (Fsp3) is 0.429. The Morgan fingerprint density at radius 2 is 1.72 bits per heavy atom. The second-order valence-electron chi connectivity index (χ2n) is 6.37. The predicted molar refractivity (Wildman–Crippen MR) is 120 cm³/mol. The van der Waals surface area contributed by atoms with Gasteiger partial charge in [-0.25, -0.2) is 0 Å². The number of nitrogens with one attached hydrogen (secondary N) is 2. The first-order chi connectivity index (χ1) is 14.0. The van der Waals surface area contributed by atoms with Gasteiger partial charge in [0.05, 0.1) is 18.2 Å². The van der Waals surface area contributed by atoms with Crippen LogP contribution in [-0.2, 0) is 13.2 Å². The van der Waals surface area contributed by atoms with Gasteiger partial charge in [-0.3, -0.25) is 0 Å². The lowest BCUT2D eigenvalue weighted by Gasteiger charge is -2.16. The molecule has 0 heterocycles. The van der Waals surface area contributed by atoms with Crippen LogP contribution in [0.1, 0.15) is 24.5 Å². The number of rotatable bonds is 13. The fourth-order valence-corrected chi connectivity index (χ4v) is 3.44. The SMILES string of the molecule is CCOc1cc(CNCCCNCCO)cc(Cl)c1OCc1ccc(Cl)cc1Cl. The zero-order chi connectivity index (χ0) is 21.1. The Balaban J connectivity index is 1.97. The standard InChI is InChI=1S/C21H27Cl3N2O3/c1-2-28-20-11-15(13-26-7-3-6-25-8-9-27)10-19(24)21(20)29-14-16-4-5-17(22)12-18(16)23/h4-5,10-12,25-27H,2-3,6-9,13-14H2,1H3. The number of hydrogen-bond acceptors (Lipinski definition) is 5. The number of benzene rings is 2. The number of hydrogen-bond donors (Lipinski definition) is 3. The van der Waals surface area contributed by atoms with Gasteiger partial charge in [0.2, 0.25) is 0 Å². The summed E-state index contributed by atoms with van der Waals surface area (Å²) in [5.41, 5.74) is 1.83. The van der Waals surface area contributed by atoms with Crippen LogP contribution in [0.5, 0.6) is 11.5 Å². The minimum atomic E-state index is 0.158. The van der Waals surface area contributed by atoms with Crippen LogP contribution in [0.3, 0.4) is 0 Å². The summed E-state index contributed by atoms with van der Waals surface area (Å²) in [6, 6.07) is 9.09. The fourth-order valence-electron chi connectivity index (χ4n) is 2.69.